The summed E-state index contributed by atoms with van der Waals surface area (Å²) in [5.74, 6) is 0.548. The van der Waals surface area contributed by atoms with Crippen LogP contribution >= 0.6 is 0 Å². The van der Waals surface area contributed by atoms with Gasteiger partial charge in [-0.2, -0.15) is 4.31 Å². The maximum atomic E-state index is 13.0. The highest BCUT2D eigenvalue weighted by atomic mass is 32.2. The average molecular weight is 352 g/mol. The van der Waals surface area contributed by atoms with E-state index in [0.717, 1.165) is 24.8 Å². The molecule has 0 bridgehead atoms. The monoisotopic (exact) mass is 351 g/mol. The molecule has 0 unspecified atom stereocenters. The first-order chi connectivity index (χ1) is 11.5. The summed E-state index contributed by atoms with van der Waals surface area (Å²) < 4.78 is 27.7. The van der Waals surface area contributed by atoms with Gasteiger partial charge < -0.3 is 0 Å². The molecule has 1 fully saturated rings. The predicted molar refractivity (Wildman–Crippen MR) is 101 cm³/mol. The zero-order valence-corrected chi connectivity index (χ0v) is 16.3. The van der Waals surface area contributed by atoms with Crippen molar-refractivity contribution in [2.45, 2.75) is 83.1 Å². The Morgan fingerprint density at radius 1 is 0.958 bits per heavy atom. The van der Waals surface area contributed by atoms with Gasteiger partial charge in [0.2, 0.25) is 10.0 Å². The molecule has 2 atom stereocenters. The van der Waals surface area contributed by atoms with Crippen molar-refractivity contribution in [1.82, 2.24) is 4.31 Å². The molecule has 1 aromatic carbocycles. The first kappa shape index (κ1) is 19.5. The fraction of sp³-hybridized carbons (Fsp3) is 0.700. The summed E-state index contributed by atoms with van der Waals surface area (Å²) in [6.45, 7) is 7.10. The van der Waals surface area contributed by atoms with Crippen molar-refractivity contribution in [2.24, 2.45) is 5.92 Å². The Hall–Kier alpha value is -0.870. The summed E-state index contributed by atoms with van der Waals surface area (Å²) in [5.41, 5.74) is 1.09. The van der Waals surface area contributed by atoms with E-state index in [1.165, 1.54) is 32.1 Å². The molecule has 1 aliphatic heterocycles. The SMILES string of the molecule is CCCCCC[C@@H]1[C@@H](CCCC)CN1S(=O)(=O)c1ccc(C)cc1. The largest absolute Gasteiger partial charge is 0.243 e. The van der Waals surface area contributed by atoms with Gasteiger partial charge in [0.1, 0.15) is 0 Å². The van der Waals surface area contributed by atoms with E-state index < -0.39 is 10.0 Å². The number of rotatable bonds is 10. The third-order valence-corrected chi connectivity index (χ3v) is 7.14. The van der Waals surface area contributed by atoms with Gasteiger partial charge in [0.15, 0.2) is 0 Å². The number of benzene rings is 1. The van der Waals surface area contributed by atoms with Crippen LogP contribution in [0.4, 0.5) is 0 Å². The molecule has 2 rings (SSSR count). The smallest absolute Gasteiger partial charge is 0.207 e. The van der Waals surface area contributed by atoms with E-state index in [-0.39, 0.29) is 6.04 Å². The van der Waals surface area contributed by atoms with E-state index in [9.17, 15) is 8.42 Å². The Kier molecular flexibility index (Phi) is 7.30. The van der Waals surface area contributed by atoms with Crippen LogP contribution in [0.3, 0.4) is 0 Å². The van der Waals surface area contributed by atoms with Gasteiger partial charge in [-0.3, -0.25) is 0 Å². The minimum atomic E-state index is -3.34. The molecular weight excluding hydrogens is 318 g/mol. The van der Waals surface area contributed by atoms with E-state index in [1.807, 2.05) is 19.1 Å². The predicted octanol–water partition coefficient (Wildman–Crippen LogP) is 5.14. The van der Waals surface area contributed by atoms with Gasteiger partial charge in [0.25, 0.3) is 0 Å². The summed E-state index contributed by atoms with van der Waals surface area (Å²) in [5, 5.41) is 0. The average Bonchev–Trinajstić information content (AvgIpc) is 2.54. The fourth-order valence-electron chi connectivity index (χ4n) is 3.62. The lowest BCUT2D eigenvalue weighted by molar-refractivity contribution is 0.0819. The molecule has 0 saturated carbocycles. The van der Waals surface area contributed by atoms with Crippen molar-refractivity contribution in [1.29, 1.82) is 0 Å². The zero-order chi connectivity index (χ0) is 17.6. The van der Waals surface area contributed by atoms with Gasteiger partial charge in [-0.1, -0.05) is 70.1 Å². The highest BCUT2D eigenvalue weighted by Crippen LogP contribution is 2.37. The van der Waals surface area contributed by atoms with Crippen LogP contribution in [0.1, 0.15) is 70.8 Å². The highest BCUT2D eigenvalue weighted by molar-refractivity contribution is 7.89. The lowest BCUT2D eigenvalue weighted by Crippen LogP contribution is -2.58. The van der Waals surface area contributed by atoms with Gasteiger partial charge in [-0.05, 0) is 37.8 Å². The van der Waals surface area contributed by atoms with Gasteiger partial charge in [-0.25, -0.2) is 8.42 Å². The van der Waals surface area contributed by atoms with Crippen LogP contribution in [0, 0.1) is 12.8 Å². The first-order valence-corrected chi connectivity index (χ1v) is 11.0. The van der Waals surface area contributed by atoms with Crippen molar-refractivity contribution < 1.29 is 8.42 Å². The molecular formula is C20H33NO2S. The summed E-state index contributed by atoms with van der Waals surface area (Å²) in [6, 6.07) is 7.48. The van der Waals surface area contributed by atoms with Crippen LogP contribution < -0.4 is 0 Å². The van der Waals surface area contributed by atoms with E-state index in [1.54, 1.807) is 16.4 Å². The third-order valence-electron chi connectivity index (χ3n) is 5.24. The Morgan fingerprint density at radius 2 is 1.62 bits per heavy atom. The number of hydrogen-bond donors (Lipinski definition) is 0. The van der Waals surface area contributed by atoms with E-state index in [2.05, 4.69) is 13.8 Å². The third kappa shape index (κ3) is 4.60. The second-order valence-electron chi connectivity index (χ2n) is 7.21. The molecule has 24 heavy (non-hydrogen) atoms. The molecule has 3 nitrogen and oxygen atoms in total. The molecule has 1 saturated heterocycles. The topological polar surface area (TPSA) is 37.4 Å². The van der Waals surface area contributed by atoms with Crippen molar-refractivity contribution in [3.8, 4) is 0 Å². The van der Waals surface area contributed by atoms with Crippen molar-refractivity contribution in [2.75, 3.05) is 6.54 Å². The molecule has 0 spiro atoms. The Bertz CT molecular complexity index is 595. The second kappa shape index (κ2) is 9.00. The quantitative estimate of drug-likeness (QED) is 0.547. The normalized spacial score (nSPS) is 21.6. The van der Waals surface area contributed by atoms with Crippen LogP contribution in [-0.4, -0.2) is 25.3 Å². The number of hydrogen-bond acceptors (Lipinski definition) is 2. The van der Waals surface area contributed by atoms with Gasteiger partial charge in [-0.15, -0.1) is 0 Å². The number of sulfonamides is 1. The summed E-state index contributed by atoms with van der Waals surface area (Å²) in [7, 11) is -3.34. The fourth-order valence-corrected chi connectivity index (χ4v) is 5.39. The molecule has 0 radical (unpaired) electrons. The van der Waals surface area contributed by atoms with Gasteiger partial charge in [0, 0.05) is 12.6 Å². The Labute approximate surface area is 148 Å². The number of aryl methyl sites for hydroxylation is 1. The van der Waals surface area contributed by atoms with Crippen LogP contribution in [0.2, 0.25) is 0 Å². The molecule has 0 N–H and O–H groups in total. The van der Waals surface area contributed by atoms with E-state index in [4.69, 9.17) is 0 Å². The summed E-state index contributed by atoms with van der Waals surface area (Å²) in [4.78, 5) is 0.445. The number of nitrogens with zero attached hydrogens (tertiary/aromatic N) is 1. The van der Waals surface area contributed by atoms with E-state index in [0.29, 0.717) is 17.4 Å². The van der Waals surface area contributed by atoms with Crippen LogP contribution in [0.25, 0.3) is 0 Å². The Balaban J connectivity index is 2.06. The van der Waals surface area contributed by atoms with Gasteiger partial charge >= 0.3 is 0 Å². The lowest BCUT2D eigenvalue weighted by Gasteiger charge is -2.47. The molecule has 1 aliphatic rings. The molecule has 4 heteroatoms. The lowest BCUT2D eigenvalue weighted by atomic mass is 9.84. The Morgan fingerprint density at radius 3 is 2.25 bits per heavy atom. The number of unbranched alkanes of at least 4 members (excludes halogenated alkanes) is 4. The molecule has 136 valence electrons. The zero-order valence-electron chi connectivity index (χ0n) is 15.5. The van der Waals surface area contributed by atoms with Crippen LogP contribution in [0.5, 0.6) is 0 Å². The van der Waals surface area contributed by atoms with Crippen LogP contribution in [0.15, 0.2) is 29.2 Å². The summed E-state index contributed by atoms with van der Waals surface area (Å²) >= 11 is 0. The highest BCUT2D eigenvalue weighted by Gasteiger charge is 2.44. The second-order valence-corrected chi connectivity index (χ2v) is 9.10. The van der Waals surface area contributed by atoms with Crippen LogP contribution in [-0.2, 0) is 10.0 Å². The molecule has 1 aromatic rings. The summed E-state index contributed by atoms with van der Waals surface area (Å²) in [6.07, 6.45) is 9.38. The van der Waals surface area contributed by atoms with Crippen molar-refractivity contribution >= 4 is 10.0 Å². The molecule has 0 amide bonds. The van der Waals surface area contributed by atoms with E-state index >= 15 is 0 Å². The maximum absolute atomic E-state index is 13.0. The van der Waals surface area contributed by atoms with Crippen molar-refractivity contribution in [3.63, 3.8) is 0 Å². The molecule has 0 aliphatic carbocycles. The standard InChI is InChI=1S/C20H33NO2S/c1-4-6-8-9-11-20-18(10-7-5-2)16-21(20)24(22,23)19-14-12-17(3)13-15-19/h12-15,18,20H,4-11,16H2,1-3H3/t18-,20+/m0/s1. The molecule has 0 aromatic heterocycles. The van der Waals surface area contributed by atoms with Crippen molar-refractivity contribution in [3.05, 3.63) is 29.8 Å². The maximum Gasteiger partial charge on any atom is 0.243 e. The minimum absolute atomic E-state index is 0.208. The minimum Gasteiger partial charge on any atom is -0.207 e. The first-order valence-electron chi connectivity index (χ1n) is 9.59. The van der Waals surface area contributed by atoms with Gasteiger partial charge in [0.05, 0.1) is 4.90 Å². The molecule has 1 heterocycles.